The second-order valence-corrected chi connectivity index (χ2v) is 47.2. The van der Waals surface area contributed by atoms with Crippen molar-refractivity contribution in [3.05, 3.63) is 12.7 Å². The number of esters is 1. The Bertz CT molecular complexity index is 4440. The average molecular weight is 1930 g/mol. The quantitative estimate of drug-likeness (QED) is 0.0120. The van der Waals surface area contributed by atoms with E-state index >= 15 is 0 Å². The van der Waals surface area contributed by atoms with Gasteiger partial charge < -0.3 is 103 Å². The molecule has 3 aliphatic heterocycles. The molecule has 9 rings (SSSR count). The number of piperidine rings is 3. The molecule has 3 unspecified atom stereocenters. The van der Waals surface area contributed by atoms with Gasteiger partial charge in [-0.3, -0.25) is 62.3 Å². The number of methoxy groups -OCH3 is 1. The summed E-state index contributed by atoms with van der Waals surface area (Å²) in [6.07, 6.45) is 10.5. The Balaban J connectivity index is 0.000000280. The highest BCUT2D eigenvalue weighted by atomic mass is 16.7. The number of primary amides is 2. The van der Waals surface area contributed by atoms with Crippen LogP contribution in [0, 0.1) is 96.6 Å². The molecular weight excluding hydrogens is 1770 g/mol. The molecule has 6 saturated carbocycles. The molecule has 3 saturated heterocycles. The van der Waals surface area contributed by atoms with Gasteiger partial charge in [0.15, 0.2) is 0 Å². The van der Waals surface area contributed by atoms with E-state index in [1.807, 2.05) is 118 Å². The lowest BCUT2D eigenvalue weighted by Gasteiger charge is -2.40. The fourth-order valence-corrected chi connectivity index (χ4v) is 20.1. The number of hydrogen-bond donors (Lipinski definition) is 12. The first-order chi connectivity index (χ1) is 63.1. The first-order valence-corrected chi connectivity index (χ1v) is 49.0. The zero-order valence-corrected chi connectivity index (χ0v) is 86.4. The summed E-state index contributed by atoms with van der Waals surface area (Å²) >= 11 is 0. The van der Waals surface area contributed by atoms with E-state index in [1.165, 1.54) is 27.9 Å². The number of nitrogens with zero attached hydrogens (tertiary/aromatic N) is 3. The van der Waals surface area contributed by atoms with Crippen molar-refractivity contribution in [3.63, 3.8) is 0 Å². The molecule has 0 aromatic rings. The van der Waals surface area contributed by atoms with E-state index < -0.39 is 200 Å². The monoisotopic (exact) mass is 1930 g/mol. The zero-order valence-electron chi connectivity index (χ0n) is 86.4. The Morgan fingerprint density at radius 3 is 1.18 bits per heavy atom. The van der Waals surface area contributed by atoms with Gasteiger partial charge in [0.05, 0.1) is 54.4 Å². The van der Waals surface area contributed by atoms with E-state index in [4.69, 9.17) is 30.4 Å². The number of hydrogen-bond acceptors (Lipinski definition) is 23. The summed E-state index contributed by atoms with van der Waals surface area (Å²) in [5, 5.41) is 28.0. The molecule has 38 nitrogen and oxygen atoms in total. The summed E-state index contributed by atoms with van der Waals surface area (Å²) in [6, 6.07) is -11.7. The maximum absolute atomic E-state index is 14.3. The van der Waals surface area contributed by atoms with E-state index in [0.29, 0.717) is 51.7 Å². The van der Waals surface area contributed by atoms with E-state index in [0.717, 1.165) is 57.8 Å². The van der Waals surface area contributed by atoms with Crippen LogP contribution in [-0.4, -0.2) is 253 Å². The maximum atomic E-state index is 14.3. The molecule has 9 aliphatic rings. The highest BCUT2D eigenvalue weighted by Gasteiger charge is 2.73. The number of ether oxygens (including phenoxy) is 5. The Hall–Kier alpha value is -10.2. The third kappa shape index (κ3) is 29.0. The topological polar surface area (TPSA) is 535 Å². The summed E-state index contributed by atoms with van der Waals surface area (Å²) in [7, 11) is 1.22. The molecule has 137 heavy (non-hydrogen) atoms. The van der Waals surface area contributed by atoms with Gasteiger partial charge in [0.2, 0.25) is 52.8 Å². The first kappa shape index (κ1) is 114. The molecule has 14 N–H and O–H groups in total. The Labute approximate surface area is 809 Å². The standard InChI is InChI=1S/C34H57N5O7.C33H55N5O8.C32H51N5O8/c1-31(2,3)21(17-46-29(44)33(7,8)9)37-30(45)38-25(32(4,5)6)28(43)39-16-19-22(34(19,10)11)23(39)27(42)36-20(24(40)26(35)41)15-18-13-12-14-18;1-12-14-21(25(39)28(41)34-15-13-2)35-27(40)24-23-20(33(23,10)11)16-38(24)29(42)26(32(7,8)9)37-30(43)36-22(18(3)4)17-45-31(44)46-19(5)6;1-30(2,3)24(35-28(42)36-32(13-8-7-9-14-32)17-45-29(43)44-6)27(41)37-16-19-21(31(19,4)5)22(37)26(40)34-20(23(38)25(33)39)15-18-11-10-12-18/h18-23,25H,12-17H2,1-11H3,(H2,35,41)(H,36,42)(H2,37,38,45);13,18-24,26H,2,12,14-17H2,1,3-11H3,(H,34,41)(H,35,40)(H2,36,37,43);18-22,24H,7-17H2,1-6H3,(H2,33,39)(H,34,40)(H2,35,36,42)/t19-,20?,21+,22-,23-,25+;20-,21?,22+,23-,24-,26+;19-,20?,21-,22-,24+/m000/s1. The summed E-state index contributed by atoms with van der Waals surface area (Å²) in [4.78, 5) is 240. The minimum Gasteiger partial charge on any atom is -0.463 e. The van der Waals surface area contributed by atoms with Gasteiger partial charge in [-0.15, -0.1) is 6.58 Å². The van der Waals surface area contributed by atoms with Crippen molar-refractivity contribution >= 4 is 107 Å². The van der Waals surface area contributed by atoms with Crippen LogP contribution < -0.4 is 64.6 Å². The molecule has 17 atom stereocenters. The Morgan fingerprint density at radius 1 is 0.460 bits per heavy atom. The lowest BCUT2D eigenvalue weighted by molar-refractivity contribution is -0.154. The third-order valence-corrected chi connectivity index (χ3v) is 29.6. The van der Waals surface area contributed by atoms with Crippen LogP contribution >= 0.6 is 0 Å². The van der Waals surface area contributed by atoms with Crippen molar-refractivity contribution in [2.45, 2.75) is 354 Å². The maximum Gasteiger partial charge on any atom is 0.508 e. The van der Waals surface area contributed by atoms with Crippen LogP contribution in [0.2, 0.25) is 0 Å². The van der Waals surface area contributed by atoms with Crippen LogP contribution in [-0.2, 0) is 86.0 Å². The number of urea groups is 3. The molecule has 3 heterocycles. The molecule has 772 valence electrons. The Morgan fingerprint density at radius 2 is 0.847 bits per heavy atom. The van der Waals surface area contributed by atoms with E-state index in [-0.39, 0.29) is 114 Å². The van der Waals surface area contributed by atoms with Gasteiger partial charge in [0.25, 0.3) is 17.7 Å². The summed E-state index contributed by atoms with van der Waals surface area (Å²) in [5.41, 5.74) is 5.89. The number of carbonyl (C=O) groups excluding carboxylic acids is 18. The number of Topliss-reactive ketones (excluding diaryl/α,β-unsaturated/α-hetero) is 3. The van der Waals surface area contributed by atoms with Gasteiger partial charge in [-0.2, -0.15) is 0 Å². The molecule has 0 spiro atoms. The third-order valence-electron chi connectivity index (χ3n) is 29.6. The lowest BCUT2D eigenvalue weighted by Crippen LogP contribution is -2.63. The number of carbonyl (C=O) groups is 18. The number of likely N-dealkylation sites (tertiary alicyclic amines) is 3. The van der Waals surface area contributed by atoms with Crippen LogP contribution in [0.1, 0.15) is 276 Å². The van der Waals surface area contributed by atoms with Crippen molar-refractivity contribution in [3.8, 4) is 0 Å². The molecule has 6 aliphatic carbocycles. The second-order valence-electron chi connectivity index (χ2n) is 47.2. The molecule has 0 aromatic heterocycles. The zero-order chi connectivity index (χ0) is 104. The number of rotatable bonds is 37. The molecule has 9 fully saturated rings. The largest absolute Gasteiger partial charge is 0.508 e. The van der Waals surface area contributed by atoms with Crippen LogP contribution in [0.15, 0.2) is 12.7 Å². The predicted molar refractivity (Wildman–Crippen MR) is 509 cm³/mol. The second kappa shape index (κ2) is 45.4. The van der Waals surface area contributed by atoms with Crippen LogP contribution in [0.3, 0.4) is 0 Å². The minimum atomic E-state index is -1.10. The van der Waals surface area contributed by atoms with Gasteiger partial charge in [0.1, 0.15) is 56.1 Å². The SMILES string of the molecule is C=CCNC(=O)C(=O)C(CCC)NC(=O)[C@@H]1[C@@H]2[C@H](CN1C(=O)[C@@H](NC(=O)N[C@H](COC(=O)OC(C)C)C(C)C)C(C)(C)C)C2(C)C.CC(C)(C)C(=O)OC[C@@H](NC(=O)N[C@H](C(=O)N1C[C@H]2[C@@H]([C@H]1C(=O)NC(CC1CCC1)C(=O)C(N)=O)C2(C)C)C(C)(C)C)C(C)(C)C.COC(=O)OCC1(NC(=O)N[C@H](C(=O)N2C[C@H]3[C@@H]([C@H]2C(=O)NC(CC2CCC2)C(=O)C(N)=O)C3(C)C)C(C)(C)C)CCCCC1. The van der Waals surface area contributed by atoms with Crippen LogP contribution in [0.5, 0.6) is 0 Å². The van der Waals surface area contributed by atoms with Crippen molar-refractivity contribution in [1.82, 2.24) is 67.9 Å². The number of nitrogens with two attached hydrogens (primary N) is 2. The van der Waals surface area contributed by atoms with Crippen LogP contribution in [0.25, 0.3) is 0 Å². The van der Waals surface area contributed by atoms with E-state index in [1.54, 1.807) is 34.6 Å². The number of ketones is 3. The van der Waals surface area contributed by atoms with Crippen molar-refractivity contribution in [2.75, 3.05) is 53.1 Å². The highest BCUT2D eigenvalue weighted by Crippen LogP contribution is 2.67. The van der Waals surface area contributed by atoms with Crippen molar-refractivity contribution < 1.29 is 110 Å². The number of amides is 15. The fourth-order valence-electron chi connectivity index (χ4n) is 20.1. The van der Waals surface area contributed by atoms with E-state index in [2.05, 4.69) is 92.2 Å². The number of fused-ring (bicyclic) bond motifs is 3. The normalized spacial score (nSPS) is 24.1. The van der Waals surface area contributed by atoms with Gasteiger partial charge in [0, 0.05) is 26.2 Å². The van der Waals surface area contributed by atoms with Crippen LogP contribution in [0.4, 0.5) is 24.0 Å². The van der Waals surface area contributed by atoms with Crippen molar-refractivity contribution in [2.24, 2.45) is 108 Å². The number of nitrogens with one attached hydrogen (secondary N) is 10. The lowest BCUT2D eigenvalue weighted by atomic mass is 9.80. The molecule has 15 amide bonds. The molecular formula is C99H163N15O23. The molecule has 0 aromatic carbocycles. The predicted octanol–water partition coefficient (Wildman–Crippen LogP) is 8.24. The molecule has 38 heteroatoms. The Kier molecular flexibility index (Phi) is 37.7. The summed E-state index contributed by atoms with van der Waals surface area (Å²) in [6.45, 7) is 53.1. The summed E-state index contributed by atoms with van der Waals surface area (Å²) in [5.74, 6) is -8.42. The van der Waals surface area contributed by atoms with Gasteiger partial charge >= 0.3 is 36.4 Å². The minimum absolute atomic E-state index is 0.0417. The highest BCUT2D eigenvalue weighted by molar-refractivity contribution is 6.39. The van der Waals surface area contributed by atoms with Gasteiger partial charge in [-0.1, -0.05) is 216 Å². The molecule has 0 radical (unpaired) electrons. The fraction of sp³-hybridized carbons (Fsp3) is 0.798. The smallest absolute Gasteiger partial charge is 0.463 e. The van der Waals surface area contributed by atoms with Crippen molar-refractivity contribution in [1.29, 1.82) is 0 Å². The average Bonchev–Trinajstić information content (AvgIpc) is 1.53. The summed E-state index contributed by atoms with van der Waals surface area (Å²) < 4.78 is 25.5. The van der Waals surface area contributed by atoms with Gasteiger partial charge in [-0.05, 0) is 158 Å². The van der Waals surface area contributed by atoms with E-state index in [9.17, 15) is 86.3 Å². The molecule has 0 bridgehead atoms. The van der Waals surface area contributed by atoms with Gasteiger partial charge in [-0.25, -0.2) is 24.0 Å². The first-order valence-electron chi connectivity index (χ1n) is 49.0.